The zero-order chi connectivity index (χ0) is 22.9. The number of piperidine rings is 1. The summed E-state index contributed by atoms with van der Waals surface area (Å²) in [6.07, 6.45) is 19.4. The first-order valence-electron chi connectivity index (χ1n) is 13.2. The minimum atomic E-state index is -0.0657. The molecule has 5 nitrogen and oxygen atoms in total. The number of anilines is 1. The number of amides is 1. The molecule has 33 heavy (non-hydrogen) atoms. The summed E-state index contributed by atoms with van der Waals surface area (Å²) in [5, 5.41) is 0. The Balaban J connectivity index is 1.49. The van der Waals surface area contributed by atoms with Crippen molar-refractivity contribution in [2.24, 2.45) is 4.99 Å². The van der Waals surface area contributed by atoms with Crippen molar-refractivity contribution in [3.63, 3.8) is 0 Å². The molecule has 1 heterocycles. The third kappa shape index (κ3) is 6.61. The highest BCUT2D eigenvalue weighted by Crippen LogP contribution is 2.26. The Hall–Kier alpha value is -2.30. The van der Waals surface area contributed by atoms with E-state index >= 15 is 0 Å². The van der Waals surface area contributed by atoms with E-state index in [1.807, 2.05) is 17.3 Å². The average Bonchev–Trinajstić information content (AvgIpc) is 2.89. The van der Waals surface area contributed by atoms with Crippen molar-refractivity contribution in [2.75, 3.05) is 25.1 Å². The quantitative estimate of drug-likeness (QED) is 0.215. The number of ether oxygens (including phenoxy) is 1. The van der Waals surface area contributed by atoms with Crippen LogP contribution in [0.3, 0.4) is 0 Å². The van der Waals surface area contributed by atoms with Crippen molar-refractivity contribution in [1.29, 1.82) is 0 Å². The van der Waals surface area contributed by atoms with Gasteiger partial charge in [-0.15, -0.1) is 0 Å². The molecule has 1 saturated heterocycles. The van der Waals surface area contributed by atoms with Crippen molar-refractivity contribution >= 4 is 24.0 Å². The van der Waals surface area contributed by atoms with Gasteiger partial charge in [0.15, 0.2) is 5.76 Å². The number of carbonyl (C=O) groups is 1. The van der Waals surface area contributed by atoms with Gasteiger partial charge in [0.2, 0.25) is 0 Å². The lowest BCUT2D eigenvalue weighted by atomic mass is 9.94. The lowest BCUT2D eigenvalue weighted by Crippen LogP contribution is -2.41. The van der Waals surface area contributed by atoms with Crippen molar-refractivity contribution in [3.05, 3.63) is 35.6 Å². The molecule has 1 aromatic rings. The van der Waals surface area contributed by atoms with E-state index in [9.17, 15) is 4.79 Å². The molecule has 0 aromatic heterocycles. The molecule has 2 aliphatic carbocycles. The van der Waals surface area contributed by atoms with Gasteiger partial charge in [0.1, 0.15) is 0 Å². The van der Waals surface area contributed by atoms with E-state index < -0.39 is 0 Å². The van der Waals surface area contributed by atoms with Crippen LogP contribution in [0, 0.1) is 0 Å². The van der Waals surface area contributed by atoms with E-state index in [-0.39, 0.29) is 11.9 Å². The molecule has 1 aromatic carbocycles. The van der Waals surface area contributed by atoms with Gasteiger partial charge in [-0.1, -0.05) is 50.7 Å². The van der Waals surface area contributed by atoms with Crippen molar-refractivity contribution < 1.29 is 9.53 Å². The molecule has 0 bridgehead atoms. The van der Waals surface area contributed by atoms with Crippen molar-refractivity contribution in [1.82, 2.24) is 4.90 Å². The molecule has 1 aliphatic heterocycles. The number of carbonyl (C=O) groups excluding carboxylic acids is 1. The molecule has 3 aliphatic rings. The van der Waals surface area contributed by atoms with Gasteiger partial charge in [-0.05, 0) is 68.7 Å². The summed E-state index contributed by atoms with van der Waals surface area (Å²) in [4.78, 5) is 22.8. The molecule has 4 rings (SSSR count). The highest BCUT2D eigenvalue weighted by atomic mass is 16.5. The predicted molar refractivity (Wildman–Crippen MR) is 137 cm³/mol. The fraction of sp³-hybridized carbons (Fsp3) is 0.643. The van der Waals surface area contributed by atoms with Crippen LogP contribution < -0.4 is 4.90 Å². The topological polar surface area (TPSA) is 45.1 Å². The monoisotopic (exact) mass is 451 g/mol. The first-order valence-corrected chi connectivity index (χ1v) is 13.2. The van der Waals surface area contributed by atoms with Crippen LogP contribution in [-0.4, -0.2) is 49.4 Å². The van der Waals surface area contributed by atoms with Crippen molar-refractivity contribution in [2.45, 2.75) is 95.6 Å². The van der Waals surface area contributed by atoms with Gasteiger partial charge < -0.3 is 9.64 Å². The van der Waals surface area contributed by atoms with Crippen LogP contribution in [0.15, 0.2) is 35.0 Å². The van der Waals surface area contributed by atoms with Gasteiger partial charge in [-0.2, -0.15) is 0 Å². The number of hydrogen-bond donors (Lipinski definition) is 0. The number of nitrogens with zero attached hydrogens (tertiary/aromatic N) is 3. The Morgan fingerprint density at radius 2 is 1.52 bits per heavy atom. The molecule has 3 fully saturated rings. The SMILES string of the molecule is CO/C(=C/c1ccc(N2CCCCC2)cc1)C(=O)N(C=NC1CCCCC1)C1CCCCC1. The van der Waals surface area contributed by atoms with Crippen LogP contribution in [-0.2, 0) is 9.53 Å². The molecule has 0 N–H and O–H groups in total. The van der Waals surface area contributed by atoms with Gasteiger partial charge in [-0.3, -0.25) is 14.7 Å². The van der Waals surface area contributed by atoms with E-state index in [2.05, 4.69) is 29.2 Å². The highest BCUT2D eigenvalue weighted by Gasteiger charge is 2.28. The standard InChI is InChI=1S/C28H41N3O2/c1-33-27(21-23-15-17-25(18-16-23)30-19-9-4-10-20-30)28(32)31(26-13-7-3-8-14-26)22-29-24-11-5-2-6-12-24/h15-18,21-22,24,26H,2-14,19-20H2,1H3/b27-21+,29-22?. The molecular weight excluding hydrogens is 410 g/mol. The summed E-state index contributed by atoms with van der Waals surface area (Å²) >= 11 is 0. The van der Waals surface area contributed by atoms with Gasteiger partial charge in [0, 0.05) is 24.8 Å². The molecule has 1 amide bonds. The maximum atomic E-state index is 13.6. The molecule has 0 spiro atoms. The van der Waals surface area contributed by atoms with Crippen LogP contribution in [0.1, 0.15) is 89.0 Å². The smallest absolute Gasteiger partial charge is 0.294 e. The number of benzene rings is 1. The van der Waals surface area contributed by atoms with E-state index in [0.717, 1.165) is 44.3 Å². The fourth-order valence-corrected chi connectivity index (χ4v) is 5.49. The zero-order valence-corrected chi connectivity index (χ0v) is 20.4. The fourth-order valence-electron chi connectivity index (χ4n) is 5.49. The lowest BCUT2D eigenvalue weighted by Gasteiger charge is -2.32. The third-order valence-electron chi connectivity index (χ3n) is 7.52. The Kier molecular flexibility index (Phi) is 8.85. The van der Waals surface area contributed by atoms with E-state index in [1.54, 1.807) is 7.11 Å². The molecule has 2 saturated carbocycles. The second kappa shape index (κ2) is 12.2. The summed E-state index contributed by atoms with van der Waals surface area (Å²) in [5.74, 6) is 0.324. The largest absolute Gasteiger partial charge is 0.491 e. The second-order valence-electron chi connectivity index (χ2n) is 9.91. The average molecular weight is 452 g/mol. The third-order valence-corrected chi connectivity index (χ3v) is 7.52. The van der Waals surface area contributed by atoms with Crippen LogP contribution in [0.2, 0.25) is 0 Å². The summed E-state index contributed by atoms with van der Waals surface area (Å²) < 4.78 is 5.62. The van der Waals surface area contributed by atoms with E-state index in [1.165, 1.54) is 63.5 Å². The maximum Gasteiger partial charge on any atom is 0.294 e. The van der Waals surface area contributed by atoms with E-state index in [0.29, 0.717) is 11.8 Å². The Labute approximate surface area is 199 Å². The first kappa shape index (κ1) is 23.8. The number of hydrogen-bond acceptors (Lipinski definition) is 4. The van der Waals surface area contributed by atoms with E-state index in [4.69, 9.17) is 9.73 Å². The highest BCUT2D eigenvalue weighted by molar-refractivity contribution is 6.02. The first-order chi connectivity index (χ1) is 16.2. The summed E-state index contributed by atoms with van der Waals surface area (Å²) in [6, 6.07) is 9.10. The minimum Gasteiger partial charge on any atom is -0.491 e. The van der Waals surface area contributed by atoms with Crippen LogP contribution in [0.4, 0.5) is 5.69 Å². The Morgan fingerprint density at radius 1 is 0.909 bits per heavy atom. The Bertz CT molecular complexity index is 799. The van der Waals surface area contributed by atoms with Crippen LogP contribution in [0.5, 0.6) is 0 Å². The molecule has 0 atom stereocenters. The summed E-state index contributed by atoms with van der Waals surface area (Å²) in [6.45, 7) is 2.27. The molecule has 0 unspecified atom stereocenters. The number of aliphatic imine (C=N–C) groups is 1. The Morgan fingerprint density at radius 3 is 2.15 bits per heavy atom. The van der Waals surface area contributed by atoms with Crippen molar-refractivity contribution in [3.8, 4) is 0 Å². The lowest BCUT2D eigenvalue weighted by molar-refractivity contribution is -0.128. The summed E-state index contributed by atoms with van der Waals surface area (Å²) in [5.41, 5.74) is 2.26. The second-order valence-corrected chi connectivity index (χ2v) is 9.91. The molecular formula is C28H41N3O2. The maximum absolute atomic E-state index is 13.6. The molecule has 0 radical (unpaired) electrons. The van der Waals surface area contributed by atoms with Gasteiger partial charge >= 0.3 is 0 Å². The van der Waals surface area contributed by atoms with Gasteiger partial charge in [0.05, 0.1) is 19.5 Å². The molecule has 180 valence electrons. The van der Waals surface area contributed by atoms with Crippen LogP contribution in [0.25, 0.3) is 6.08 Å². The number of rotatable bonds is 7. The van der Waals surface area contributed by atoms with Gasteiger partial charge in [0.25, 0.3) is 5.91 Å². The van der Waals surface area contributed by atoms with Crippen LogP contribution >= 0.6 is 0 Å². The molecule has 5 heteroatoms. The normalized spacial score (nSPS) is 21.4. The minimum absolute atomic E-state index is 0.0657. The number of methoxy groups -OCH3 is 1. The predicted octanol–water partition coefficient (Wildman–Crippen LogP) is 6.19. The summed E-state index contributed by atoms with van der Waals surface area (Å²) in [7, 11) is 1.60. The zero-order valence-electron chi connectivity index (χ0n) is 20.4. The van der Waals surface area contributed by atoms with Gasteiger partial charge in [-0.25, -0.2) is 0 Å².